The molecule has 0 rings (SSSR count). The van der Waals surface area contributed by atoms with Gasteiger partial charge in [0.2, 0.25) is 5.79 Å². The van der Waals surface area contributed by atoms with Crippen LogP contribution in [0.5, 0.6) is 0 Å². The van der Waals surface area contributed by atoms with Gasteiger partial charge in [0.25, 0.3) is 0 Å². The zero-order valence-corrected chi connectivity index (χ0v) is 7.79. The first-order valence-electron chi connectivity index (χ1n) is 3.91. The molecule has 0 aromatic rings. The van der Waals surface area contributed by atoms with E-state index in [9.17, 15) is 4.79 Å². The van der Waals surface area contributed by atoms with Crippen molar-refractivity contribution in [2.75, 3.05) is 20.8 Å². The van der Waals surface area contributed by atoms with E-state index in [0.717, 1.165) is 0 Å². The first kappa shape index (κ1) is 11.6. The Morgan fingerprint density at radius 1 is 1.42 bits per heavy atom. The molecule has 0 amide bonds. The number of carbonyl (C=O) groups is 1. The Hall–Kier alpha value is -0.450. The number of Topliss-reactive ketones (excluding diaryl/α,β-unsaturated/α-hetero) is 1. The summed E-state index contributed by atoms with van der Waals surface area (Å²) in [7, 11) is 2.79. The lowest BCUT2D eigenvalue weighted by molar-refractivity contribution is -0.212. The predicted molar refractivity (Wildman–Crippen MR) is 43.7 cm³/mol. The van der Waals surface area contributed by atoms with Crippen LogP contribution in [0.15, 0.2) is 0 Å². The zero-order chi connectivity index (χ0) is 9.61. The molecule has 4 nitrogen and oxygen atoms in total. The Morgan fingerprint density at radius 2 is 1.92 bits per heavy atom. The van der Waals surface area contributed by atoms with E-state index in [1.165, 1.54) is 14.2 Å². The number of aliphatic hydroxyl groups excluding tert-OH is 1. The van der Waals surface area contributed by atoms with Crippen molar-refractivity contribution < 1.29 is 19.4 Å². The topological polar surface area (TPSA) is 55.8 Å². The van der Waals surface area contributed by atoms with E-state index >= 15 is 0 Å². The quantitative estimate of drug-likeness (QED) is 0.593. The minimum atomic E-state index is -1.25. The molecule has 0 bridgehead atoms. The fourth-order valence-electron chi connectivity index (χ4n) is 1.07. The average Bonchev–Trinajstić information content (AvgIpc) is 2.13. The Morgan fingerprint density at radius 3 is 2.17 bits per heavy atom. The number of carbonyl (C=O) groups excluding carboxylic acids is 1. The first-order valence-corrected chi connectivity index (χ1v) is 3.91. The molecule has 0 saturated heterocycles. The van der Waals surface area contributed by atoms with Gasteiger partial charge in [0.15, 0.2) is 5.78 Å². The molecule has 0 aliphatic heterocycles. The highest BCUT2D eigenvalue weighted by Crippen LogP contribution is 2.18. The van der Waals surface area contributed by atoms with Crippen molar-refractivity contribution >= 4 is 5.78 Å². The van der Waals surface area contributed by atoms with Crippen molar-refractivity contribution in [2.45, 2.75) is 25.6 Å². The number of methoxy groups -OCH3 is 2. The van der Waals surface area contributed by atoms with Gasteiger partial charge >= 0.3 is 0 Å². The Bertz CT molecular complexity index is 140. The molecule has 0 fully saturated rings. The third-order valence-electron chi connectivity index (χ3n) is 1.85. The van der Waals surface area contributed by atoms with Crippen LogP contribution < -0.4 is 0 Å². The molecule has 0 aliphatic rings. The summed E-state index contributed by atoms with van der Waals surface area (Å²) >= 11 is 0. The van der Waals surface area contributed by atoms with E-state index in [1.807, 2.05) is 0 Å². The Balaban J connectivity index is 4.44. The third kappa shape index (κ3) is 2.27. The summed E-state index contributed by atoms with van der Waals surface area (Å²) in [4.78, 5) is 11.3. The maximum Gasteiger partial charge on any atom is 0.230 e. The number of hydrogen-bond acceptors (Lipinski definition) is 4. The fraction of sp³-hybridized carbons (Fsp3) is 0.875. The molecular weight excluding hydrogens is 160 g/mol. The summed E-state index contributed by atoms with van der Waals surface area (Å²) in [5.41, 5.74) is 0. The van der Waals surface area contributed by atoms with E-state index in [0.29, 0.717) is 6.42 Å². The van der Waals surface area contributed by atoms with Gasteiger partial charge in [-0.25, -0.2) is 0 Å². The number of aliphatic hydroxyl groups is 1. The molecule has 72 valence electrons. The van der Waals surface area contributed by atoms with Crippen LogP contribution in [-0.2, 0) is 14.3 Å². The zero-order valence-electron chi connectivity index (χ0n) is 7.79. The Kier molecular flexibility index (Phi) is 5.04. The van der Waals surface area contributed by atoms with Gasteiger partial charge in [-0.3, -0.25) is 4.79 Å². The second-order valence-corrected chi connectivity index (χ2v) is 2.41. The highest BCUT2D eigenvalue weighted by atomic mass is 16.7. The molecule has 0 aromatic heterocycles. The molecule has 0 unspecified atom stereocenters. The molecule has 0 aromatic carbocycles. The second-order valence-electron chi connectivity index (χ2n) is 2.41. The number of ether oxygens (including phenoxy) is 2. The predicted octanol–water partition coefficient (Wildman–Crippen LogP) is 0.337. The lowest BCUT2D eigenvalue weighted by Gasteiger charge is -2.27. The molecule has 4 heteroatoms. The summed E-state index contributed by atoms with van der Waals surface area (Å²) < 4.78 is 9.90. The lowest BCUT2D eigenvalue weighted by Crippen LogP contribution is -2.43. The maximum atomic E-state index is 11.3. The van der Waals surface area contributed by atoms with Crippen molar-refractivity contribution in [3.05, 3.63) is 0 Å². The van der Waals surface area contributed by atoms with Crippen LogP contribution in [0, 0.1) is 0 Å². The summed E-state index contributed by atoms with van der Waals surface area (Å²) in [6.07, 6.45) is 0.508. The van der Waals surface area contributed by atoms with Crippen molar-refractivity contribution in [3.8, 4) is 0 Å². The monoisotopic (exact) mass is 176 g/mol. The summed E-state index contributed by atoms with van der Waals surface area (Å²) in [6, 6.07) is 0. The van der Waals surface area contributed by atoms with Crippen LogP contribution in [0.4, 0.5) is 0 Å². The molecule has 0 saturated carbocycles. The summed E-state index contributed by atoms with van der Waals surface area (Å²) in [6.45, 7) is 1.60. The van der Waals surface area contributed by atoms with E-state index < -0.39 is 5.79 Å². The van der Waals surface area contributed by atoms with E-state index in [1.54, 1.807) is 6.92 Å². The van der Waals surface area contributed by atoms with Gasteiger partial charge in [-0.15, -0.1) is 0 Å². The standard InChI is InChI=1S/C8H16O4/c1-4-7(10)8(11-2,12-3)5-6-9/h9H,4-6H2,1-3H3. The minimum Gasteiger partial charge on any atom is -0.396 e. The van der Waals surface area contributed by atoms with E-state index in [-0.39, 0.29) is 18.8 Å². The second kappa shape index (κ2) is 5.24. The van der Waals surface area contributed by atoms with Crippen LogP contribution in [0.1, 0.15) is 19.8 Å². The van der Waals surface area contributed by atoms with Crippen LogP contribution in [0.2, 0.25) is 0 Å². The van der Waals surface area contributed by atoms with Gasteiger partial charge in [-0.05, 0) is 0 Å². The van der Waals surface area contributed by atoms with Gasteiger partial charge in [-0.1, -0.05) is 6.92 Å². The van der Waals surface area contributed by atoms with E-state index in [2.05, 4.69) is 0 Å². The van der Waals surface area contributed by atoms with Crippen molar-refractivity contribution in [1.29, 1.82) is 0 Å². The first-order chi connectivity index (χ1) is 5.66. The van der Waals surface area contributed by atoms with Gasteiger partial charge in [0.05, 0.1) is 0 Å². The van der Waals surface area contributed by atoms with Crippen molar-refractivity contribution in [2.24, 2.45) is 0 Å². The van der Waals surface area contributed by atoms with Crippen LogP contribution in [0.25, 0.3) is 0 Å². The number of hydrogen-bond donors (Lipinski definition) is 1. The maximum absolute atomic E-state index is 11.3. The molecule has 0 radical (unpaired) electrons. The van der Waals surface area contributed by atoms with Crippen molar-refractivity contribution in [3.63, 3.8) is 0 Å². The fourth-order valence-corrected chi connectivity index (χ4v) is 1.07. The highest BCUT2D eigenvalue weighted by molar-refractivity contribution is 5.85. The number of rotatable bonds is 6. The summed E-state index contributed by atoms with van der Waals surface area (Å²) in [5.74, 6) is -1.40. The molecule has 1 N–H and O–H groups in total. The number of ketones is 1. The Labute approximate surface area is 72.5 Å². The molecule has 0 spiro atoms. The highest BCUT2D eigenvalue weighted by Gasteiger charge is 2.36. The van der Waals surface area contributed by atoms with Gasteiger partial charge < -0.3 is 14.6 Å². The van der Waals surface area contributed by atoms with Crippen molar-refractivity contribution in [1.82, 2.24) is 0 Å². The van der Waals surface area contributed by atoms with Gasteiger partial charge in [-0.2, -0.15) is 0 Å². The average molecular weight is 176 g/mol. The largest absolute Gasteiger partial charge is 0.396 e. The third-order valence-corrected chi connectivity index (χ3v) is 1.85. The smallest absolute Gasteiger partial charge is 0.230 e. The SMILES string of the molecule is CCC(=O)C(CCO)(OC)OC. The lowest BCUT2D eigenvalue weighted by atomic mass is 10.1. The molecule has 0 atom stereocenters. The van der Waals surface area contributed by atoms with E-state index in [4.69, 9.17) is 14.6 Å². The normalized spacial score (nSPS) is 11.7. The molecule has 0 aliphatic carbocycles. The van der Waals surface area contributed by atoms with Crippen LogP contribution in [-0.4, -0.2) is 37.5 Å². The van der Waals surface area contributed by atoms with Crippen LogP contribution >= 0.6 is 0 Å². The van der Waals surface area contributed by atoms with Crippen LogP contribution in [0.3, 0.4) is 0 Å². The minimum absolute atomic E-state index is 0.132. The van der Waals surface area contributed by atoms with Gasteiger partial charge in [0.1, 0.15) is 0 Å². The van der Waals surface area contributed by atoms with Gasteiger partial charge in [0, 0.05) is 33.7 Å². The molecular formula is C8H16O4. The summed E-state index contributed by atoms with van der Waals surface area (Å²) in [5, 5.41) is 8.70. The molecule has 12 heavy (non-hydrogen) atoms. The molecule has 0 heterocycles.